The highest BCUT2D eigenvalue weighted by Gasteiger charge is 2.34. The summed E-state index contributed by atoms with van der Waals surface area (Å²) in [6.07, 6.45) is -8.55. The lowest BCUT2D eigenvalue weighted by Gasteiger charge is -2.31. The van der Waals surface area contributed by atoms with Gasteiger partial charge < -0.3 is 4.90 Å². The Hall–Kier alpha value is -3.24. The van der Waals surface area contributed by atoms with Gasteiger partial charge in [-0.1, -0.05) is 12.1 Å². The zero-order chi connectivity index (χ0) is 23.5. The maximum Gasteiger partial charge on any atom is 0.418 e. The van der Waals surface area contributed by atoms with Crippen molar-refractivity contribution < 1.29 is 35.9 Å². The minimum Gasteiger partial charge on any atom is -0.339 e. The second kappa shape index (κ2) is 9.09. The van der Waals surface area contributed by atoms with Crippen LogP contribution in [0.3, 0.4) is 0 Å². The van der Waals surface area contributed by atoms with Gasteiger partial charge in [0.2, 0.25) is 5.91 Å². The van der Waals surface area contributed by atoms with Gasteiger partial charge in [-0.15, -0.1) is 0 Å². The predicted octanol–water partition coefficient (Wildman–Crippen LogP) is 4.72. The minimum atomic E-state index is -4.58. The molecule has 0 radical (unpaired) electrons. The van der Waals surface area contributed by atoms with Crippen LogP contribution in [0.2, 0.25) is 0 Å². The first-order valence-electron chi connectivity index (χ1n) is 9.65. The first kappa shape index (κ1) is 23.4. The summed E-state index contributed by atoms with van der Waals surface area (Å²) in [6.45, 7) is 0.383. The number of hydrogen-bond acceptors (Lipinski definition) is 3. The highest BCUT2D eigenvalue weighted by molar-refractivity contribution is 5.94. The highest BCUT2D eigenvalue weighted by atomic mass is 19.4. The Labute approximate surface area is 179 Å². The van der Waals surface area contributed by atoms with E-state index in [0.29, 0.717) is 0 Å². The summed E-state index contributed by atoms with van der Waals surface area (Å²) in [4.78, 5) is 26.3. The van der Waals surface area contributed by atoms with Crippen LogP contribution in [0.15, 0.2) is 48.5 Å². The van der Waals surface area contributed by atoms with Crippen molar-refractivity contribution in [2.24, 2.45) is 5.92 Å². The average molecular weight is 459 g/mol. The number of amides is 2. The van der Waals surface area contributed by atoms with E-state index >= 15 is 0 Å². The fraction of sp³-hybridized carbons (Fsp3) is 0.333. The van der Waals surface area contributed by atoms with Crippen molar-refractivity contribution in [2.45, 2.75) is 25.2 Å². The molecule has 0 aromatic heterocycles. The van der Waals surface area contributed by atoms with E-state index in [0.717, 1.165) is 30.3 Å². The van der Waals surface area contributed by atoms with E-state index in [1.165, 1.54) is 23.1 Å². The molecule has 32 heavy (non-hydrogen) atoms. The quantitative estimate of drug-likeness (QED) is 0.514. The number of carbonyl (C=O) groups is 2. The van der Waals surface area contributed by atoms with Gasteiger partial charge in [0.25, 0.3) is 5.91 Å². The van der Waals surface area contributed by atoms with E-state index in [1.54, 1.807) is 0 Å². The van der Waals surface area contributed by atoms with Crippen LogP contribution in [0.1, 0.15) is 34.3 Å². The third-order valence-corrected chi connectivity index (χ3v) is 5.16. The van der Waals surface area contributed by atoms with Crippen molar-refractivity contribution in [3.8, 4) is 0 Å². The van der Waals surface area contributed by atoms with E-state index < -0.39 is 41.2 Å². The summed E-state index contributed by atoms with van der Waals surface area (Å²) < 4.78 is 77.0. The van der Waals surface area contributed by atoms with Crippen molar-refractivity contribution in [3.63, 3.8) is 0 Å². The number of alkyl halides is 6. The van der Waals surface area contributed by atoms with E-state index in [4.69, 9.17) is 0 Å². The van der Waals surface area contributed by atoms with Crippen molar-refractivity contribution >= 4 is 17.5 Å². The van der Waals surface area contributed by atoms with Gasteiger partial charge in [-0.2, -0.15) is 26.3 Å². The standard InChI is InChI=1S/C21H19F6N3O2/c22-20(23,24)15-7-5-14(6-8-15)19(32)30-11-9-13(10-12-30)18(31)29-28-17-4-2-1-3-16(17)21(25,26)27/h1-8,13,28H,9-12H2,(H,29,31). The highest BCUT2D eigenvalue weighted by Crippen LogP contribution is 2.34. The van der Waals surface area contributed by atoms with E-state index in [1.807, 2.05) is 0 Å². The van der Waals surface area contributed by atoms with Crippen LogP contribution in [-0.4, -0.2) is 29.8 Å². The van der Waals surface area contributed by atoms with Crippen LogP contribution >= 0.6 is 0 Å². The molecule has 0 aliphatic carbocycles. The molecule has 0 unspecified atom stereocenters. The fourth-order valence-electron chi connectivity index (χ4n) is 3.40. The van der Waals surface area contributed by atoms with Gasteiger partial charge in [0.1, 0.15) is 0 Å². The summed E-state index contributed by atoms with van der Waals surface area (Å²) in [5.74, 6) is -1.49. The Morgan fingerprint density at radius 1 is 0.844 bits per heavy atom. The number of halogens is 6. The molecule has 1 fully saturated rings. The Morgan fingerprint density at radius 2 is 1.44 bits per heavy atom. The molecular formula is C21H19F6N3O2. The molecule has 0 saturated carbocycles. The van der Waals surface area contributed by atoms with E-state index in [-0.39, 0.29) is 37.2 Å². The van der Waals surface area contributed by atoms with Gasteiger partial charge in [0, 0.05) is 24.6 Å². The number of nitrogens with one attached hydrogen (secondary N) is 2. The number of rotatable bonds is 4. The summed E-state index contributed by atoms with van der Waals surface area (Å²) in [6, 6.07) is 8.58. The average Bonchev–Trinajstić information content (AvgIpc) is 2.76. The molecule has 2 aromatic carbocycles. The number of hydrazine groups is 1. The van der Waals surface area contributed by atoms with Gasteiger partial charge in [-0.3, -0.25) is 20.4 Å². The molecule has 2 amide bonds. The number of anilines is 1. The van der Waals surface area contributed by atoms with Crippen LogP contribution in [0, 0.1) is 5.92 Å². The summed E-state index contributed by atoms with van der Waals surface area (Å²) in [5, 5.41) is 0. The third kappa shape index (κ3) is 5.51. The molecule has 0 atom stereocenters. The van der Waals surface area contributed by atoms with Gasteiger partial charge in [-0.05, 0) is 49.2 Å². The molecule has 11 heteroatoms. The van der Waals surface area contributed by atoms with Gasteiger partial charge >= 0.3 is 12.4 Å². The van der Waals surface area contributed by atoms with Crippen LogP contribution in [-0.2, 0) is 17.1 Å². The maximum absolute atomic E-state index is 13.0. The molecule has 1 aliphatic rings. The van der Waals surface area contributed by atoms with Gasteiger partial charge in [-0.25, -0.2) is 0 Å². The second-order valence-electron chi connectivity index (χ2n) is 7.30. The largest absolute Gasteiger partial charge is 0.418 e. The molecule has 172 valence electrons. The zero-order valence-electron chi connectivity index (χ0n) is 16.6. The molecule has 2 aromatic rings. The Bertz CT molecular complexity index is 965. The fourth-order valence-corrected chi connectivity index (χ4v) is 3.40. The normalized spacial score (nSPS) is 15.4. The molecule has 1 heterocycles. The van der Waals surface area contributed by atoms with Crippen molar-refractivity contribution in [1.82, 2.24) is 10.3 Å². The zero-order valence-corrected chi connectivity index (χ0v) is 16.6. The first-order chi connectivity index (χ1) is 15.0. The van der Waals surface area contributed by atoms with Gasteiger partial charge in [0.05, 0.1) is 16.8 Å². The van der Waals surface area contributed by atoms with Gasteiger partial charge in [0.15, 0.2) is 0 Å². The number of hydrogen-bond donors (Lipinski definition) is 2. The number of para-hydroxylation sites is 1. The first-order valence-corrected chi connectivity index (χ1v) is 9.65. The molecule has 5 nitrogen and oxygen atoms in total. The van der Waals surface area contributed by atoms with Crippen molar-refractivity contribution in [1.29, 1.82) is 0 Å². The molecule has 3 rings (SSSR count). The van der Waals surface area contributed by atoms with Crippen LogP contribution in [0.5, 0.6) is 0 Å². The van der Waals surface area contributed by atoms with Crippen molar-refractivity contribution in [3.05, 3.63) is 65.2 Å². The SMILES string of the molecule is O=C(NNc1ccccc1C(F)(F)F)C1CCN(C(=O)c2ccc(C(F)(F)F)cc2)CC1. The van der Waals surface area contributed by atoms with Crippen LogP contribution in [0.4, 0.5) is 32.0 Å². The summed E-state index contributed by atoms with van der Waals surface area (Å²) >= 11 is 0. The number of carbonyl (C=O) groups excluding carboxylic acids is 2. The topological polar surface area (TPSA) is 61.4 Å². The molecule has 1 saturated heterocycles. The Morgan fingerprint density at radius 3 is 2.00 bits per heavy atom. The minimum absolute atomic E-state index is 0.103. The summed E-state index contributed by atoms with van der Waals surface area (Å²) in [7, 11) is 0. The Kier molecular flexibility index (Phi) is 6.65. The monoisotopic (exact) mass is 459 g/mol. The van der Waals surface area contributed by atoms with Crippen LogP contribution in [0.25, 0.3) is 0 Å². The predicted molar refractivity (Wildman–Crippen MR) is 103 cm³/mol. The number of piperidine rings is 1. The number of benzene rings is 2. The lowest BCUT2D eigenvalue weighted by molar-refractivity contribution is -0.138. The second-order valence-corrected chi connectivity index (χ2v) is 7.30. The van der Waals surface area contributed by atoms with E-state index in [9.17, 15) is 35.9 Å². The van der Waals surface area contributed by atoms with Crippen LogP contribution < -0.4 is 10.9 Å². The molecular weight excluding hydrogens is 440 g/mol. The van der Waals surface area contributed by atoms with Crippen molar-refractivity contribution in [2.75, 3.05) is 18.5 Å². The lowest BCUT2D eigenvalue weighted by Crippen LogP contribution is -2.44. The number of nitrogens with zero attached hydrogens (tertiary/aromatic N) is 1. The molecule has 2 N–H and O–H groups in total. The smallest absolute Gasteiger partial charge is 0.339 e. The molecule has 0 spiro atoms. The molecule has 0 bridgehead atoms. The number of likely N-dealkylation sites (tertiary alicyclic amines) is 1. The Balaban J connectivity index is 1.53. The lowest BCUT2D eigenvalue weighted by atomic mass is 9.95. The third-order valence-electron chi connectivity index (χ3n) is 5.16. The summed E-state index contributed by atoms with van der Waals surface area (Å²) in [5.41, 5.74) is 2.62. The maximum atomic E-state index is 13.0. The van der Waals surface area contributed by atoms with E-state index in [2.05, 4.69) is 10.9 Å². The molecule has 1 aliphatic heterocycles.